The molecule has 0 heterocycles. The van der Waals surface area contributed by atoms with Crippen molar-refractivity contribution >= 4 is 21.6 Å². The highest BCUT2D eigenvalue weighted by Gasteiger charge is 2.13. The maximum absolute atomic E-state index is 11.4. The SMILES string of the molecule is CCN(CCCNC(C)c1cccc(Cl)c1)S(C)(=O)=O. The summed E-state index contributed by atoms with van der Waals surface area (Å²) in [5.41, 5.74) is 1.13. The Labute approximate surface area is 127 Å². The number of rotatable bonds is 8. The molecule has 0 saturated carbocycles. The summed E-state index contributed by atoms with van der Waals surface area (Å²) >= 11 is 5.96. The number of hydrogen-bond donors (Lipinski definition) is 1. The number of hydrogen-bond acceptors (Lipinski definition) is 3. The fourth-order valence-corrected chi connectivity index (χ4v) is 3.15. The van der Waals surface area contributed by atoms with Crippen molar-refractivity contribution in [3.05, 3.63) is 34.9 Å². The molecule has 0 fully saturated rings. The minimum absolute atomic E-state index is 0.196. The van der Waals surface area contributed by atoms with Crippen molar-refractivity contribution in [2.75, 3.05) is 25.9 Å². The number of halogens is 1. The van der Waals surface area contributed by atoms with Gasteiger partial charge in [0, 0.05) is 24.2 Å². The molecule has 0 amide bonds. The van der Waals surface area contributed by atoms with Gasteiger partial charge < -0.3 is 5.32 Å². The lowest BCUT2D eigenvalue weighted by Crippen LogP contribution is -2.32. The Hall–Kier alpha value is -0.620. The Morgan fingerprint density at radius 1 is 1.40 bits per heavy atom. The maximum Gasteiger partial charge on any atom is 0.211 e. The molecular formula is C14H23ClN2O2S. The highest BCUT2D eigenvalue weighted by Crippen LogP contribution is 2.17. The van der Waals surface area contributed by atoms with Gasteiger partial charge in [0.25, 0.3) is 0 Å². The summed E-state index contributed by atoms with van der Waals surface area (Å²) in [6.07, 6.45) is 2.03. The lowest BCUT2D eigenvalue weighted by molar-refractivity contribution is 0.413. The molecule has 0 aliphatic heterocycles. The average molecular weight is 319 g/mol. The first-order valence-electron chi connectivity index (χ1n) is 6.78. The zero-order chi connectivity index (χ0) is 15.2. The van der Waals surface area contributed by atoms with E-state index in [4.69, 9.17) is 11.6 Å². The number of nitrogens with one attached hydrogen (secondary N) is 1. The second-order valence-electron chi connectivity index (χ2n) is 4.84. The molecule has 0 aliphatic carbocycles. The molecule has 0 radical (unpaired) electrons. The third-order valence-corrected chi connectivity index (χ3v) is 4.82. The van der Waals surface area contributed by atoms with Gasteiger partial charge in [0.1, 0.15) is 0 Å². The van der Waals surface area contributed by atoms with Crippen LogP contribution in [-0.4, -0.2) is 38.6 Å². The standard InChI is InChI=1S/C14H23ClN2O2S/c1-4-17(20(3,18)19)10-6-9-16-12(2)13-7-5-8-14(15)11-13/h5,7-8,11-12,16H,4,6,9-10H2,1-3H3. The predicted molar refractivity (Wildman–Crippen MR) is 84.6 cm³/mol. The molecule has 114 valence electrons. The van der Waals surface area contributed by atoms with Crippen molar-refractivity contribution < 1.29 is 8.42 Å². The molecule has 1 N–H and O–H groups in total. The van der Waals surface area contributed by atoms with Gasteiger partial charge in [0.15, 0.2) is 0 Å². The number of nitrogens with zero attached hydrogens (tertiary/aromatic N) is 1. The number of benzene rings is 1. The monoisotopic (exact) mass is 318 g/mol. The van der Waals surface area contributed by atoms with Crippen LogP contribution in [0.3, 0.4) is 0 Å². The molecule has 1 aromatic rings. The van der Waals surface area contributed by atoms with Crippen molar-refractivity contribution in [1.29, 1.82) is 0 Å². The van der Waals surface area contributed by atoms with Crippen LogP contribution in [0, 0.1) is 0 Å². The van der Waals surface area contributed by atoms with Crippen molar-refractivity contribution in [3.63, 3.8) is 0 Å². The van der Waals surface area contributed by atoms with E-state index >= 15 is 0 Å². The quantitative estimate of drug-likeness (QED) is 0.750. The Kier molecular flexibility index (Phi) is 6.95. The molecule has 1 atom stereocenters. The molecular weight excluding hydrogens is 296 g/mol. The molecule has 0 bridgehead atoms. The van der Waals surface area contributed by atoms with Crippen LogP contribution in [0.1, 0.15) is 31.9 Å². The van der Waals surface area contributed by atoms with Crippen molar-refractivity contribution in [2.24, 2.45) is 0 Å². The van der Waals surface area contributed by atoms with Gasteiger partial charge >= 0.3 is 0 Å². The van der Waals surface area contributed by atoms with Gasteiger partial charge in [-0.15, -0.1) is 0 Å². The van der Waals surface area contributed by atoms with Crippen LogP contribution in [0.5, 0.6) is 0 Å². The molecule has 0 spiro atoms. The van der Waals surface area contributed by atoms with Gasteiger partial charge in [-0.25, -0.2) is 12.7 Å². The lowest BCUT2D eigenvalue weighted by atomic mass is 10.1. The molecule has 0 aromatic heterocycles. The second-order valence-corrected chi connectivity index (χ2v) is 7.26. The first-order valence-corrected chi connectivity index (χ1v) is 9.01. The fraction of sp³-hybridized carbons (Fsp3) is 0.571. The van der Waals surface area contributed by atoms with Gasteiger partial charge in [0.05, 0.1) is 6.26 Å². The van der Waals surface area contributed by atoms with Gasteiger partial charge in [-0.05, 0) is 37.6 Å². The summed E-state index contributed by atoms with van der Waals surface area (Å²) in [7, 11) is -3.09. The van der Waals surface area contributed by atoms with Crippen molar-refractivity contribution in [3.8, 4) is 0 Å². The zero-order valence-electron chi connectivity index (χ0n) is 12.3. The van der Waals surface area contributed by atoms with E-state index in [1.165, 1.54) is 10.6 Å². The second kappa shape index (κ2) is 7.98. The minimum atomic E-state index is -3.09. The van der Waals surface area contributed by atoms with Gasteiger partial charge in [-0.2, -0.15) is 0 Å². The van der Waals surface area contributed by atoms with E-state index in [9.17, 15) is 8.42 Å². The summed E-state index contributed by atoms with van der Waals surface area (Å²) in [5, 5.41) is 4.10. The van der Waals surface area contributed by atoms with E-state index < -0.39 is 10.0 Å². The molecule has 0 saturated heterocycles. The van der Waals surface area contributed by atoms with Crippen LogP contribution in [-0.2, 0) is 10.0 Å². The van der Waals surface area contributed by atoms with Gasteiger partial charge in [-0.1, -0.05) is 30.7 Å². The van der Waals surface area contributed by atoms with Crippen molar-refractivity contribution in [2.45, 2.75) is 26.3 Å². The summed E-state index contributed by atoms with van der Waals surface area (Å²) in [6, 6.07) is 7.94. The lowest BCUT2D eigenvalue weighted by Gasteiger charge is -2.19. The highest BCUT2D eigenvalue weighted by molar-refractivity contribution is 7.88. The molecule has 20 heavy (non-hydrogen) atoms. The van der Waals surface area contributed by atoms with Crippen LogP contribution < -0.4 is 5.32 Å². The topological polar surface area (TPSA) is 49.4 Å². The highest BCUT2D eigenvalue weighted by atomic mass is 35.5. The first kappa shape index (κ1) is 17.4. The van der Waals surface area contributed by atoms with Gasteiger partial charge in [0.2, 0.25) is 10.0 Å². The summed E-state index contributed by atoms with van der Waals surface area (Å²) in [6.45, 7) is 5.75. The smallest absolute Gasteiger partial charge is 0.211 e. The van der Waals surface area contributed by atoms with Crippen LogP contribution >= 0.6 is 11.6 Å². The Bertz CT molecular complexity index is 520. The zero-order valence-corrected chi connectivity index (χ0v) is 13.8. The van der Waals surface area contributed by atoms with Crippen molar-refractivity contribution in [1.82, 2.24) is 9.62 Å². The van der Waals surface area contributed by atoms with E-state index in [0.717, 1.165) is 23.6 Å². The predicted octanol–water partition coefficient (Wildman–Crippen LogP) is 2.66. The summed E-state index contributed by atoms with van der Waals surface area (Å²) in [5.74, 6) is 0. The fourth-order valence-electron chi connectivity index (χ4n) is 2.03. The molecule has 4 nitrogen and oxygen atoms in total. The van der Waals surface area contributed by atoms with E-state index in [1.54, 1.807) is 0 Å². The summed E-state index contributed by atoms with van der Waals surface area (Å²) in [4.78, 5) is 0. The normalized spacial score (nSPS) is 13.7. The van der Waals surface area contributed by atoms with Gasteiger partial charge in [-0.3, -0.25) is 0 Å². The third-order valence-electron chi connectivity index (χ3n) is 3.21. The molecule has 1 unspecified atom stereocenters. The Morgan fingerprint density at radius 2 is 2.10 bits per heavy atom. The third kappa shape index (κ3) is 5.79. The minimum Gasteiger partial charge on any atom is -0.310 e. The van der Waals surface area contributed by atoms with E-state index in [2.05, 4.69) is 12.2 Å². The van der Waals surface area contributed by atoms with Crippen LogP contribution in [0.25, 0.3) is 0 Å². The summed E-state index contributed by atoms with van der Waals surface area (Å²) < 4.78 is 24.4. The molecule has 0 aliphatic rings. The van der Waals surface area contributed by atoms with E-state index in [0.29, 0.717) is 13.1 Å². The van der Waals surface area contributed by atoms with Crippen LogP contribution in [0.2, 0.25) is 5.02 Å². The average Bonchev–Trinajstić information content (AvgIpc) is 2.37. The molecule has 1 rings (SSSR count). The largest absolute Gasteiger partial charge is 0.310 e. The van der Waals surface area contributed by atoms with Crippen LogP contribution in [0.15, 0.2) is 24.3 Å². The van der Waals surface area contributed by atoms with E-state index in [-0.39, 0.29) is 6.04 Å². The van der Waals surface area contributed by atoms with Crippen LogP contribution in [0.4, 0.5) is 0 Å². The first-order chi connectivity index (χ1) is 9.34. The maximum atomic E-state index is 11.4. The Morgan fingerprint density at radius 3 is 2.65 bits per heavy atom. The molecule has 6 heteroatoms. The number of sulfonamides is 1. The van der Waals surface area contributed by atoms with E-state index in [1.807, 2.05) is 31.2 Å². The molecule has 1 aromatic carbocycles. The Balaban J connectivity index is 2.37.